The number of ether oxygens (including phenoxy) is 1. The quantitative estimate of drug-likeness (QED) is 0.855. The summed E-state index contributed by atoms with van der Waals surface area (Å²) in [5.74, 6) is 1.80. The maximum Gasteiger partial charge on any atom is 0.225 e. The first kappa shape index (κ1) is 15.7. The van der Waals surface area contributed by atoms with Crippen LogP contribution >= 0.6 is 0 Å². The molecule has 23 heavy (non-hydrogen) atoms. The van der Waals surface area contributed by atoms with Gasteiger partial charge in [-0.3, -0.25) is 9.48 Å². The van der Waals surface area contributed by atoms with Gasteiger partial charge >= 0.3 is 0 Å². The maximum atomic E-state index is 12.2. The Morgan fingerprint density at radius 3 is 2.91 bits per heavy atom. The number of hydrogen-bond acceptors (Lipinski definition) is 3. The first-order chi connectivity index (χ1) is 11.2. The lowest BCUT2D eigenvalue weighted by Crippen LogP contribution is -2.14. The first-order valence-corrected chi connectivity index (χ1v) is 8.04. The molecule has 1 aromatic heterocycles. The fourth-order valence-corrected chi connectivity index (χ4v) is 2.99. The van der Waals surface area contributed by atoms with E-state index in [1.807, 2.05) is 19.2 Å². The van der Waals surface area contributed by atoms with Gasteiger partial charge < -0.3 is 10.1 Å². The molecule has 5 nitrogen and oxygen atoms in total. The minimum atomic E-state index is 0.0646. The molecule has 122 valence electrons. The van der Waals surface area contributed by atoms with Gasteiger partial charge in [0, 0.05) is 33.1 Å². The third-order valence-electron chi connectivity index (χ3n) is 4.36. The van der Waals surface area contributed by atoms with Gasteiger partial charge in [0.1, 0.15) is 5.82 Å². The van der Waals surface area contributed by atoms with E-state index in [-0.39, 0.29) is 5.91 Å². The average Bonchev–Trinajstić information content (AvgIpc) is 3.22. The molecule has 1 fully saturated rings. The van der Waals surface area contributed by atoms with Crippen LogP contribution in [0, 0.1) is 5.92 Å². The predicted octanol–water partition coefficient (Wildman–Crippen LogP) is 2.74. The number of carbonyl (C=O) groups is 1. The van der Waals surface area contributed by atoms with Crippen molar-refractivity contribution in [3.63, 3.8) is 0 Å². The van der Waals surface area contributed by atoms with Gasteiger partial charge in [-0.05, 0) is 23.8 Å². The zero-order valence-electron chi connectivity index (χ0n) is 13.7. The third kappa shape index (κ3) is 3.99. The lowest BCUT2D eigenvalue weighted by molar-refractivity contribution is -0.116. The van der Waals surface area contributed by atoms with Crippen LogP contribution in [0.3, 0.4) is 0 Å². The molecular weight excluding hydrogens is 290 g/mol. The van der Waals surface area contributed by atoms with Crippen molar-refractivity contribution in [2.75, 3.05) is 19.0 Å². The Bertz CT molecular complexity index is 666. The van der Waals surface area contributed by atoms with Crippen LogP contribution in [-0.2, 0) is 23.0 Å². The summed E-state index contributed by atoms with van der Waals surface area (Å²) >= 11 is 0. The molecule has 0 aliphatic heterocycles. The van der Waals surface area contributed by atoms with E-state index >= 15 is 0 Å². The SMILES string of the molecule is COCCc1cc(NC(=O)C[C@@H]2C[C@H]2c2ccccc2)n(C)n1. The molecule has 1 aliphatic rings. The maximum absolute atomic E-state index is 12.2. The zero-order valence-corrected chi connectivity index (χ0v) is 13.7. The van der Waals surface area contributed by atoms with Gasteiger partial charge in [0.05, 0.1) is 12.3 Å². The number of amides is 1. The number of nitrogens with one attached hydrogen (secondary N) is 1. The van der Waals surface area contributed by atoms with Gasteiger partial charge in [0.2, 0.25) is 5.91 Å². The highest BCUT2D eigenvalue weighted by atomic mass is 16.5. The summed E-state index contributed by atoms with van der Waals surface area (Å²) in [6.07, 6.45) is 2.42. The summed E-state index contributed by atoms with van der Waals surface area (Å²) in [6.45, 7) is 0.630. The number of carbonyl (C=O) groups excluding carboxylic acids is 1. The fourth-order valence-electron chi connectivity index (χ4n) is 2.99. The van der Waals surface area contributed by atoms with Crippen molar-refractivity contribution < 1.29 is 9.53 Å². The van der Waals surface area contributed by atoms with Crippen molar-refractivity contribution >= 4 is 11.7 Å². The standard InChI is InChI=1S/C18H23N3O2/c1-21-17(12-15(20-21)8-9-23-2)19-18(22)11-14-10-16(14)13-6-4-3-5-7-13/h3-7,12,14,16H,8-11H2,1-2H3,(H,19,22)/t14-,16-/m0/s1. The number of aromatic nitrogens is 2. The third-order valence-corrected chi connectivity index (χ3v) is 4.36. The Morgan fingerprint density at radius 2 is 2.17 bits per heavy atom. The number of aryl methyl sites for hydroxylation is 1. The van der Waals surface area contributed by atoms with Crippen molar-refractivity contribution in [1.82, 2.24) is 9.78 Å². The molecule has 0 saturated heterocycles. The second-order valence-corrected chi connectivity index (χ2v) is 6.15. The smallest absolute Gasteiger partial charge is 0.225 e. The molecule has 2 aromatic rings. The summed E-state index contributed by atoms with van der Waals surface area (Å²) < 4.78 is 6.77. The summed E-state index contributed by atoms with van der Waals surface area (Å²) in [6, 6.07) is 12.3. The van der Waals surface area contributed by atoms with Crippen molar-refractivity contribution in [3.8, 4) is 0 Å². The van der Waals surface area contributed by atoms with E-state index in [0.29, 0.717) is 24.9 Å². The second-order valence-electron chi connectivity index (χ2n) is 6.15. The van der Waals surface area contributed by atoms with Crippen molar-refractivity contribution in [1.29, 1.82) is 0 Å². The first-order valence-electron chi connectivity index (χ1n) is 8.04. The highest BCUT2D eigenvalue weighted by Gasteiger charge is 2.39. The van der Waals surface area contributed by atoms with E-state index < -0.39 is 0 Å². The molecule has 1 N–H and O–H groups in total. The van der Waals surface area contributed by atoms with Crippen molar-refractivity contribution in [3.05, 3.63) is 47.7 Å². The van der Waals surface area contributed by atoms with E-state index in [0.717, 1.165) is 24.4 Å². The van der Waals surface area contributed by atoms with Crippen molar-refractivity contribution in [2.45, 2.75) is 25.2 Å². The Hall–Kier alpha value is -2.14. The number of anilines is 1. The van der Waals surface area contributed by atoms with E-state index in [2.05, 4.69) is 34.7 Å². The number of benzene rings is 1. The number of nitrogens with zero attached hydrogens (tertiary/aromatic N) is 2. The highest BCUT2D eigenvalue weighted by molar-refractivity contribution is 5.90. The summed E-state index contributed by atoms with van der Waals surface area (Å²) in [4.78, 5) is 12.2. The van der Waals surface area contributed by atoms with Gasteiger partial charge in [-0.2, -0.15) is 5.10 Å². The molecule has 2 atom stereocenters. The lowest BCUT2D eigenvalue weighted by atomic mass is 10.1. The Kier molecular flexibility index (Phi) is 4.76. The van der Waals surface area contributed by atoms with E-state index in [1.54, 1.807) is 11.8 Å². The monoisotopic (exact) mass is 313 g/mol. The second kappa shape index (κ2) is 6.96. The van der Waals surface area contributed by atoms with Crippen LogP contribution in [0.5, 0.6) is 0 Å². The molecule has 1 amide bonds. The Labute approximate surface area is 136 Å². The molecule has 0 radical (unpaired) electrons. The molecule has 0 spiro atoms. The van der Waals surface area contributed by atoms with Gasteiger partial charge in [-0.25, -0.2) is 0 Å². The van der Waals surface area contributed by atoms with Gasteiger partial charge in [-0.15, -0.1) is 0 Å². The largest absolute Gasteiger partial charge is 0.384 e. The Morgan fingerprint density at radius 1 is 1.39 bits per heavy atom. The molecule has 3 rings (SSSR count). The van der Waals surface area contributed by atoms with Crippen LogP contribution < -0.4 is 5.32 Å². The lowest BCUT2D eigenvalue weighted by Gasteiger charge is -2.05. The van der Waals surface area contributed by atoms with Crippen LogP contribution in [0.1, 0.15) is 30.0 Å². The topological polar surface area (TPSA) is 56.1 Å². The van der Waals surface area contributed by atoms with Gasteiger partial charge in [0.15, 0.2) is 0 Å². The van der Waals surface area contributed by atoms with Crippen LogP contribution in [0.15, 0.2) is 36.4 Å². The van der Waals surface area contributed by atoms with Crippen LogP contribution in [0.2, 0.25) is 0 Å². The highest BCUT2D eigenvalue weighted by Crippen LogP contribution is 2.49. The number of rotatable bonds is 7. The molecule has 1 saturated carbocycles. The molecule has 1 heterocycles. The van der Waals surface area contributed by atoms with E-state index in [9.17, 15) is 4.79 Å². The number of hydrogen-bond donors (Lipinski definition) is 1. The normalized spacial score (nSPS) is 19.6. The van der Waals surface area contributed by atoms with Crippen LogP contribution in [0.4, 0.5) is 5.82 Å². The summed E-state index contributed by atoms with van der Waals surface area (Å²) in [5.41, 5.74) is 2.27. The number of methoxy groups -OCH3 is 1. The van der Waals surface area contributed by atoms with Crippen LogP contribution in [0.25, 0.3) is 0 Å². The van der Waals surface area contributed by atoms with Crippen molar-refractivity contribution in [2.24, 2.45) is 13.0 Å². The summed E-state index contributed by atoms with van der Waals surface area (Å²) in [5, 5.41) is 7.35. The minimum Gasteiger partial charge on any atom is -0.384 e. The molecule has 0 bridgehead atoms. The minimum absolute atomic E-state index is 0.0646. The molecule has 5 heteroatoms. The van der Waals surface area contributed by atoms with E-state index in [4.69, 9.17) is 4.74 Å². The molecule has 0 unspecified atom stereocenters. The average molecular weight is 313 g/mol. The fraction of sp³-hybridized carbons (Fsp3) is 0.444. The van der Waals surface area contributed by atoms with E-state index in [1.165, 1.54) is 5.56 Å². The predicted molar refractivity (Wildman–Crippen MR) is 89.3 cm³/mol. The van der Waals surface area contributed by atoms with Gasteiger partial charge in [0.25, 0.3) is 0 Å². The molecule has 1 aromatic carbocycles. The van der Waals surface area contributed by atoms with Crippen LogP contribution in [-0.4, -0.2) is 29.4 Å². The summed E-state index contributed by atoms with van der Waals surface area (Å²) in [7, 11) is 3.51. The molecular formula is C18H23N3O2. The van der Waals surface area contributed by atoms with Gasteiger partial charge in [-0.1, -0.05) is 30.3 Å². The zero-order chi connectivity index (χ0) is 16.2. The Balaban J connectivity index is 1.51. The molecule has 1 aliphatic carbocycles.